The second-order valence-electron chi connectivity index (χ2n) is 7.14. The molecule has 0 heterocycles. The van der Waals surface area contributed by atoms with E-state index < -0.39 is 23.3 Å². The van der Waals surface area contributed by atoms with Crippen molar-refractivity contribution in [3.63, 3.8) is 0 Å². The van der Waals surface area contributed by atoms with Gasteiger partial charge >= 0.3 is 0 Å². The van der Waals surface area contributed by atoms with Crippen molar-refractivity contribution in [2.45, 2.75) is 12.8 Å². The van der Waals surface area contributed by atoms with Gasteiger partial charge < -0.3 is 0 Å². The lowest BCUT2D eigenvalue weighted by molar-refractivity contribution is 0.453. The zero-order chi connectivity index (χ0) is 21.3. The van der Waals surface area contributed by atoms with Crippen molar-refractivity contribution in [2.24, 2.45) is 0 Å². The molecule has 4 heteroatoms. The third kappa shape index (κ3) is 3.73. The second kappa shape index (κ2) is 8.15. The van der Waals surface area contributed by atoms with Crippen LogP contribution in [0.1, 0.15) is 12.0 Å². The van der Waals surface area contributed by atoms with Crippen molar-refractivity contribution in [1.82, 2.24) is 0 Å². The number of fused-ring (bicyclic) bond motifs is 1. The molecule has 0 N–H and O–H groups in total. The topological polar surface area (TPSA) is 0 Å². The normalized spacial score (nSPS) is 11.1. The summed E-state index contributed by atoms with van der Waals surface area (Å²) in [4.78, 5) is 0. The second-order valence-corrected chi connectivity index (χ2v) is 7.14. The van der Waals surface area contributed by atoms with Gasteiger partial charge in [-0.25, -0.2) is 17.6 Å². The van der Waals surface area contributed by atoms with Crippen LogP contribution in [-0.2, 0) is 6.42 Å². The molecule has 0 nitrogen and oxygen atoms in total. The van der Waals surface area contributed by atoms with E-state index in [0.717, 1.165) is 30.0 Å². The lowest BCUT2D eigenvalue weighted by Gasteiger charge is -2.10. The van der Waals surface area contributed by atoms with Crippen LogP contribution in [0.3, 0.4) is 0 Å². The third-order valence-corrected chi connectivity index (χ3v) is 5.18. The van der Waals surface area contributed by atoms with Gasteiger partial charge in [0.1, 0.15) is 5.82 Å². The summed E-state index contributed by atoms with van der Waals surface area (Å²) in [6.45, 7) is 3.72. The Morgan fingerprint density at radius 3 is 2.07 bits per heavy atom. The van der Waals surface area contributed by atoms with E-state index in [1.165, 1.54) is 29.8 Å². The first-order chi connectivity index (χ1) is 14.5. The monoisotopic (exact) mass is 406 g/mol. The fourth-order valence-corrected chi connectivity index (χ4v) is 3.53. The minimum Gasteiger partial charge on any atom is -0.206 e. The molecule has 0 fully saturated rings. The molecule has 0 saturated heterocycles. The smallest absolute Gasteiger partial charge is 0.195 e. The van der Waals surface area contributed by atoms with Crippen molar-refractivity contribution in [2.75, 3.05) is 0 Å². The number of benzene rings is 4. The molecule has 4 aromatic rings. The van der Waals surface area contributed by atoms with Gasteiger partial charge in [0.2, 0.25) is 0 Å². The standard InChI is InChI=1S/C26H18F4/c1-2-3-4-16-5-7-17(8-6-16)18-9-11-21(23(27)14-18)19-10-12-22-20(13-19)15-24(28)26(30)25(22)29/h2,5-15H,1,3-4H2. The molecule has 0 saturated carbocycles. The van der Waals surface area contributed by atoms with Crippen LogP contribution in [0.25, 0.3) is 33.0 Å². The molecule has 0 unspecified atom stereocenters. The quantitative estimate of drug-likeness (QED) is 0.180. The van der Waals surface area contributed by atoms with E-state index in [1.807, 2.05) is 30.3 Å². The van der Waals surface area contributed by atoms with E-state index in [0.29, 0.717) is 11.1 Å². The number of halogens is 4. The van der Waals surface area contributed by atoms with Gasteiger partial charge in [0.05, 0.1) is 0 Å². The van der Waals surface area contributed by atoms with E-state index in [2.05, 4.69) is 6.58 Å². The number of aryl methyl sites for hydroxylation is 1. The highest BCUT2D eigenvalue weighted by atomic mass is 19.2. The van der Waals surface area contributed by atoms with E-state index in [9.17, 15) is 17.6 Å². The molecule has 0 spiro atoms. The molecule has 4 rings (SSSR count). The van der Waals surface area contributed by atoms with Crippen molar-refractivity contribution < 1.29 is 17.6 Å². The fraction of sp³-hybridized carbons (Fsp3) is 0.0769. The molecular weight excluding hydrogens is 388 g/mol. The number of hydrogen-bond acceptors (Lipinski definition) is 0. The largest absolute Gasteiger partial charge is 0.206 e. The molecule has 0 aromatic heterocycles. The Labute approximate surface area is 172 Å². The van der Waals surface area contributed by atoms with Crippen LogP contribution < -0.4 is 0 Å². The van der Waals surface area contributed by atoms with Gasteiger partial charge in [-0.05, 0) is 58.7 Å². The molecule has 0 bridgehead atoms. The van der Waals surface area contributed by atoms with Crippen LogP contribution in [-0.4, -0.2) is 0 Å². The number of rotatable bonds is 5. The Morgan fingerprint density at radius 2 is 1.37 bits per heavy atom. The maximum Gasteiger partial charge on any atom is 0.195 e. The average molecular weight is 406 g/mol. The fourth-order valence-electron chi connectivity index (χ4n) is 3.53. The Bertz CT molecular complexity index is 1240. The van der Waals surface area contributed by atoms with Crippen LogP contribution in [0, 0.1) is 23.3 Å². The van der Waals surface area contributed by atoms with E-state index >= 15 is 0 Å². The van der Waals surface area contributed by atoms with Crippen LogP contribution in [0.15, 0.2) is 79.4 Å². The molecule has 0 aliphatic rings. The minimum absolute atomic E-state index is 0.0498. The third-order valence-electron chi connectivity index (χ3n) is 5.18. The maximum atomic E-state index is 14.9. The van der Waals surface area contributed by atoms with Crippen molar-refractivity contribution >= 4 is 10.8 Å². The number of allylic oxidation sites excluding steroid dienone is 1. The summed E-state index contributed by atoms with van der Waals surface area (Å²) in [6.07, 6.45) is 3.67. The Morgan fingerprint density at radius 1 is 0.667 bits per heavy atom. The van der Waals surface area contributed by atoms with Crippen LogP contribution in [0.4, 0.5) is 17.6 Å². The lowest BCUT2D eigenvalue weighted by Crippen LogP contribution is -1.93. The average Bonchev–Trinajstić information content (AvgIpc) is 2.76. The summed E-state index contributed by atoms with van der Waals surface area (Å²) in [5.74, 6) is -4.49. The van der Waals surface area contributed by atoms with Crippen LogP contribution in [0.5, 0.6) is 0 Å². The predicted molar refractivity (Wildman–Crippen MR) is 113 cm³/mol. The summed E-state index contributed by atoms with van der Waals surface area (Å²) in [5.41, 5.74) is 3.56. The summed E-state index contributed by atoms with van der Waals surface area (Å²) >= 11 is 0. The zero-order valence-electron chi connectivity index (χ0n) is 16.1. The molecule has 0 aliphatic heterocycles. The van der Waals surface area contributed by atoms with E-state index in [-0.39, 0.29) is 10.8 Å². The molecule has 0 aliphatic carbocycles. The first kappa shape index (κ1) is 19.9. The SMILES string of the molecule is C=CCCc1ccc(-c2ccc(-c3ccc4c(F)c(F)c(F)cc4c3)c(F)c2)cc1. The van der Waals surface area contributed by atoms with Crippen molar-refractivity contribution in [1.29, 1.82) is 0 Å². The zero-order valence-corrected chi connectivity index (χ0v) is 16.1. The van der Waals surface area contributed by atoms with Crippen LogP contribution >= 0.6 is 0 Å². The predicted octanol–water partition coefficient (Wildman–Crippen LogP) is 7.85. The van der Waals surface area contributed by atoms with Crippen molar-refractivity contribution in [3.05, 3.63) is 108 Å². The highest BCUT2D eigenvalue weighted by Crippen LogP contribution is 2.32. The van der Waals surface area contributed by atoms with Crippen molar-refractivity contribution in [3.8, 4) is 22.3 Å². The van der Waals surface area contributed by atoms with Gasteiger partial charge in [-0.3, -0.25) is 0 Å². The first-order valence-corrected chi connectivity index (χ1v) is 9.55. The van der Waals surface area contributed by atoms with E-state index in [1.54, 1.807) is 12.1 Å². The van der Waals surface area contributed by atoms with Gasteiger partial charge in [-0.2, -0.15) is 0 Å². The van der Waals surface area contributed by atoms with Gasteiger partial charge in [0.15, 0.2) is 17.5 Å². The Balaban J connectivity index is 1.68. The highest BCUT2D eigenvalue weighted by molar-refractivity contribution is 5.88. The Hall–Kier alpha value is -3.40. The summed E-state index contributed by atoms with van der Waals surface area (Å²) in [5, 5.41) is 0.119. The molecule has 0 atom stereocenters. The van der Waals surface area contributed by atoms with Gasteiger partial charge in [0.25, 0.3) is 0 Å². The minimum atomic E-state index is -1.51. The molecule has 0 amide bonds. The molecular formula is C26H18F4. The summed E-state index contributed by atoms with van der Waals surface area (Å²) < 4.78 is 55.8. The molecule has 150 valence electrons. The lowest BCUT2D eigenvalue weighted by atomic mass is 9.97. The molecule has 4 aromatic carbocycles. The Kier molecular flexibility index (Phi) is 5.40. The van der Waals surface area contributed by atoms with Gasteiger partial charge in [-0.15, -0.1) is 6.58 Å². The van der Waals surface area contributed by atoms with Crippen LogP contribution in [0.2, 0.25) is 0 Å². The maximum absolute atomic E-state index is 14.9. The number of hydrogen-bond donors (Lipinski definition) is 0. The van der Waals surface area contributed by atoms with Gasteiger partial charge in [-0.1, -0.05) is 54.6 Å². The van der Waals surface area contributed by atoms with Gasteiger partial charge in [0, 0.05) is 10.9 Å². The highest BCUT2D eigenvalue weighted by Gasteiger charge is 2.15. The first-order valence-electron chi connectivity index (χ1n) is 9.55. The van der Waals surface area contributed by atoms with E-state index in [4.69, 9.17) is 0 Å². The molecule has 0 radical (unpaired) electrons. The molecule has 30 heavy (non-hydrogen) atoms. The summed E-state index contributed by atoms with van der Waals surface area (Å²) in [7, 11) is 0. The summed E-state index contributed by atoms with van der Waals surface area (Å²) in [6, 6.07) is 18.0.